The molecule has 5 nitrogen and oxygen atoms in total. The van der Waals surface area contributed by atoms with Crippen molar-refractivity contribution in [2.75, 3.05) is 18.8 Å². The molecule has 2 fully saturated rings. The first-order valence-corrected chi connectivity index (χ1v) is 10.4. The highest BCUT2D eigenvalue weighted by atomic mass is 35.5. The first kappa shape index (κ1) is 18.0. The zero-order chi connectivity index (χ0) is 17.5. The standard InChI is InChI=1S/C16H20Cl2N2O3S/c1-2-24(22,23)20-8-10-3-6-15(13(10)9-20)19-16(21)12-5-4-11(17)7-14(12)18/h4-5,7,10,13,15H,2-3,6,8-9H2,1H3,(H,19,21). The Balaban J connectivity index is 1.69. The molecule has 0 spiro atoms. The Labute approximate surface area is 152 Å². The fourth-order valence-electron chi connectivity index (χ4n) is 3.73. The van der Waals surface area contributed by atoms with Gasteiger partial charge in [-0.05, 0) is 49.8 Å². The number of fused-ring (bicyclic) bond motifs is 1. The number of benzene rings is 1. The molecule has 8 heteroatoms. The molecule has 0 bridgehead atoms. The van der Waals surface area contributed by atoms with E-state index < -0.39 is 10.0 Å². The fraction of sp³-hybridized carbons (Fsp3) is 0.562. The molecule has 132 valence electrons. The summed E-state index contributed by atoms with van der Waals surface area (Å²) in [6.45, 7) is 2.71. The average Bonchev–Trinajstić information content (AvgIpc) is 3.09. The van der Waals surface area contributed by atoms with E-state index in [0.29, 0.717) is 34.6 Å². The number of hydrogen-bond donors (Lipinski definition) is 1. The SMILES string of the molecule is CCS(=O)(=O)N1CC2CCC(NC(=O)c3ccc(Cl)cc3Cl)C2C1. The molecule has 1 heterocycles. The smallest absolute Gasteiger partial charge is 0.253 e. The van der Waals surface area contributed by atoms with Gasteiger partial charge in [-0.3, -0.25) is 4.79 Å². The molecule has 3 unspecified atom stereocenters. The Hall–Kier alpha value is -0.820. The Kier molecular flexibility index (Phi) is 5.12. The lowest BCUT2D eigenvalue weighted by Crippen LogP contribution is -2.40. The molecule has 24 heavy (non-hydrogen) atoms. The van der Waals surface area contributed by atoms with Crippen molar-refractivity contribution in [3.8, 4) is 0 Å². The molecule has 1 aliphatic carbocycles. The number of sulfonamides is 1. The Morgan fingerprint density at radius 2 is 2.04 bits per heavy atom. The number of amides is 1. The second kappa shape index (κ2) is 6.83. The van der Waals surface area contributed by atoms with Crippen molar-refractivity contribution in [1.82, 2.24) is 9.62 Å². The highest BCUT2D eigenvalue weighted by Crippen LogP contribution is 2.39. The summed E-state index contributed by atoms with van der Waals surface area (Å²) in [6.07, 6.45) is 1.80. The maximum Gasteiger partial charge on any atom is 0.253 e. The van der Waals surface area contributed by atoms with Crippen molar-refractivity contribution in [1.29, 1.82) is 0 Å². The first-order valence-electron chi connectivity index (χ1n) is 8.05. The minimum Gasteiger partial charge on any atom is -0.349 e. The first-order chi connectivity index (χ1) is 11.3. The molecule has 3 atom stereocenters. The van der Waals surface area contributed by atoms with Gasteiger partial charge in [0.1, 0.15) is 0 Å². The van der Waals surface area contributed by atoms with Crippen molar-refractivity contribution < 1.29 is 13.2 Å². The highest BCUT2D eigenvalue weighted by molar-refractivity contribution is 7.89. The lowest BCUT2D eigenvalue weighted by molar-refractivity contribution is 0.0927. The average molecular weight is 391 g/mol. The summed E-state index contributed by atoms with van der Waals surface area (Å²) < 4.78 is 25.7. The van der Waals surface area contributed by atoms with E-state index in [1.807, 2.05) is 0 Å². The van der Waals surface area contributed by atoms with Gasteiger partial charge >= 0.3 is 0 Å². The second-order valence-electron chi connectivity index (χ2n) is 6.42. The van der Waals surface area contributed by atoms with E-state index in [1.165, 1.54) is 0 Å². The monoisotopic (exact) mass is 390 g/mol. The quantitative estimate of drug-likeness (QED) is 0.859. The largest absolute Gasteiger partial charge is 0.349 e. The number of rotatable bonds is 4. The van der Waals surface area contributed by atoms with Crippen molar-refractivity contribution in [2.45, 2.75) is 25.8 Å². The molecule has 1 saturated heterocycles. The maximum atomic E-state index is 12.5. The van der Waals surface area contributed by atoms with Crippen LogP contribution in [0.25, 0.3) is 0 Å². The van der Waals surface area contributed by atoms with Gasteiger partial charge in [0, 0.05) is 24.2 Å². The van der Waals surface area contributed by atoms with Crippen LogP contribution in [0.5, 0.6) is 0 Å². The van der Waals surface area contributed by atoms with Crippen LogP contribution < -0.4 is 5.32 Å². The van der Waals surface area contributed by atoms with Gasteiger partial charge in [0.05, 0.1) is 16.3 Å². The predicted molar refractivity (Wildman–Crippen MR) is 95.0 cm³/mol. The van der Waals surface area contributed by atoms with Crippen LogP contribution in [0.4, 0.5) is 0 Å². The summed E-state index contributed by atoms with van der Waals surface area (Å²) in [5.41, 5.74) is 0.389. The molecule has 0 radical (unpaired) electrons. The zero-order valence-corrected chi connectivity index (χ0v) is 15.7. The molecule has 0 aromatic heterocycles. The number of nitrogens with one attached hydrogen (secondary N) is 1. The highest BCUT2D eigenvalue weighted by Gasteiger charge is 2.46. The summed E-state index contributed by atoms with van der Waals surface area (Å²) >= 11 is 11.9. The normalized spacial score (nSPS) is 27.2. The maximum absolute atomic E-state index is 12.5. The van der Waals surface area contributed by atoms with Crippen LogP contribution in [0.1, 0.15) is 30.1 Å². The van der Waals surface area contributed by atoms with E-state index in [4.69, 9.17) is 23.2 Å². The lowest BCUT2D eigenvalue weighted by atomic mass is 9.97. The molecule has 1 aliphatic heterocycles. The van der Waals surface area contributed by atoms with Gasteiger partial charge in [0.2, 0.25) is 10.0 Å². The van der Waals surface area contributed by atoms with Gasteiger partial charge in [-0.2, -0.15) is 0 Å². The lowest BCUT2D eigenvalue weighted by Gasteiger charge is -2.21. The Morgan fingerprint density at radius 3 is 2.71 bits per heavy atom. The summed E-state index contributed by atoms with van der Waals surface area (Å²) in [7, 11) is -3.17. The molecule has 1 aromatic carbocycles. The predicted octanol–water partition coefficient (Wildman–Crippen LogP) is 2.78. The topological polar surface area (TPSA) is 66.5 Å². The molecule has 1 amide bonds. The Morgan fingerprint density at radius 1 is 1.29 bits per heavy atom. The van der Waals surface area contributed by atoms with Crippen molar-refractivity contribution in [2.24, 2.45) is 11.8 Å². The third kappa shape index (κ3) is 3.43. The molecular formula is C16H20Cl2N2O3S. The van der Waals surface area contributed by atoms with E-state index in [0.717, 1.165) is 12.8 Å². The van der Waals surface area contributed by atoms with Crippen molar-refractivity contribution in [3.05, 3.63) is 33.8 Å². The molecule has 3 rings (SSSR count). The molecule has 1 aromatic rings. The number of carbonyl (C=O) groups excluding carboxylic acids is 1. The van der Waals surface area contributed by atoms with Crippen LogP contribution in [0.15, 0.2) is 18.2 Å². The third-order valence-electron chi connectivity index (χ3n) is 5.07. The summed E-state index contributed by atoms with van der Waals surface area (Å²) in [5, 5.41) is 3.83. The summed E-state index contributed by atoms with van der Waals surface area (Å²) in [6, 6.07) is 4.76. The number of nitrogens with zero attached hydrogens (tertiary/aromatic N) is 1. The van der Waals surface area contributed by atoms with Gasteiger partial charge in [-0.1, -0.05) is 23.2 Å². The Bertz CT molecular complexity index is 754. The third-order valence-corrected chi connectivity index (χ3v) is 7.44. The van der Waals surface area contributed by atoms with Crippen molar-refractivity contribution in [3.63, 3.8) is 0 Å². The second-order valence-corrected chi connectivity index (χ2v) is 9.52. The molecule has 2 aliphatic rings. The van der Waals surface area contributed by atoms with E-state index >= 15 is 0 Å². The number of carbonyl (C=O) groups is 1. The van der Waals surface area contributed by atoms with Gasteiger partial charge in [0.15, 0.2) is 0 Å². The number of hydrogen-bond acceptors (Lipinski definition) is 3. The zero-order valence-electron chi connectivity index (χ0n) is 13.3. The van der Waals surface area contributed by atoms with Gasteiger partial charge in [0.25, 0.3) is 5.91 Å². The number of halogens is 2. The molecule has 1 saturated carbocycles. The van der Waals surface area contributed by atoms with E-state index in [1.54, 1.807) is 29.4 Å². The molecular weight excluding hydrogens is 371 g/mol. The van der Waals surface area contributed by atoms with Crippen LogP contribution >= 0.6 is 23.2 Å². The van der Waals surface area contributed by atoms with Crippen LogP contribution in [-0.2, 0) is 10.0 Å². The van der Waals surface area contributed by atoms with E-state index in [2.05, 4.69) is 5.32 Å². The van der Waals surface area contributed by atoms with Crippen LogP contribution in [0.3, 0.4) is 0 Å². The van der Waals surface area contributed by atoms with E-state index in [-0.39, 0.29) is 23.6 Å². The minimum atomic E-state index is -3.17. The molecule has 1 N–H and O–H groups in total. The van der Waals surface area contributed by atoms with E-state index in [9.17, 15) is 13.2 Å². The summed E-state index contributed by atoms with van der Waals surface area (Å²) in [5.74, 6) is 0.363. The van der Waals surface area contributed by atoms with Crippen LogP contribution in [-0.4, -0.2) is 43.5 Å². The minimum absolute atomic E-state index is 0.0219. The summed E-state index contributed by atoms with van der Waals surface area (Å²) in [4.78, 5) is 12.5. The van der Waals surface area contributed by atoms with Crippen LogP contribution in [0.2, 0.25) is 10.0 Å². The van der Waals surface area contributed by atoms with Crippen LogP contribution in [0, 0.1) is 11.8 Å². The van der Waals surface area contributed by atoms with Crippen molar-refractivity contribution >= 4 is 39.1 Å². The van der Waals surface area contributed by atoms with Gasteiger partial charge < -0.3 is 5.32 Å². The fourth-order valence-corrected chi connectivity index (χ4v) is 5.41. The van der Waals surface area contributed by atoms with Gasteiger partial charge in [-0.15, -0.1) is 0 Å². The van der Waals surface area contributed by atoms with Gasteiger partial charge in [-0.25, -0.2) is 12.7 Å².